The number of benzene rings is 3. The Morgan fingerprint density at radius 3 is 2.24 bits per heavy atom. The van der Waals surface area contributed by atoms with E-state index < -0.39 is 0 Å². The molecule has 1 fully saturated rings. The maximum absolute atomic E-state index is 13.1. The number of aromatic nitrogens is 2. The van der Waals surface area contributed by atoms with Crippen molar-refractivity contribution in [2.45, 2.75) is 37.2 Å². The summed E-state index contributed by atoms with van der Waals surface area (Å²) in [5.74, 6) is 1.28. The Hall–Kier alpha value is -4.17. The summed E-state index contributed by atoms with van der Waals surface area (Å²) in [6.07, 6.45) is 1.29. The molecular formula is C34H36N4O3S. The van der Waals surface area contributed by atoms with Crippen molar-refractivity contribution in [3.63, 3.8) is 0 Å². The molecular weight excluding hydrogens is 544 g/mol. The number of carbonyl (C=O) groups excluding carboxylic acids is 2. The molecule has 1 aromatic heterocycles. The van der Waals surface area contributed by atoms with Crippen molar-refractivity contribution in [2.24, 2.45) is 5.92 Å². The minimum Gasteiger partial charge on any atom is -0.466 e. The normalized spacial score (nSPS) is 13.5. The fraction of sp³-hybridized carbons (Fsp3) is 0.294. The predicted octanol–water partition coefficient (Wildman–Crippen LogP) is 6.49. The lowest BCUT2D eigenvalue weighted by molar-refractivity contribution is -0.149. The molecule has 3 aromatic carbocycles. The summed E-state index contributed by atoms with van der Waals surface area (Å²) < 4.78 is 5.15. The summed E-state index contributed by atoms with van der Waals surface area (Å²) in [5, 5.41) is 0.705. The fourth-order valence-corrected chi connectivity index (χ4v) is 5.83. The maximum Gasteiger partial charge on any atom is 0.309 e. The molecule has 0 spiro atoms. The molecule has 0 radical (unpaired) electrons. The number of esters is 1. The van der Waals surface area contributed by atoms with Crippen LogP contribution in [-0.4, -0.2) is 53.5 Å². The molecule has 4 aromatic rings. The van der Waals surface area contributed by atoms with Crippen LogP contribution in [0.1, 0.15) is 41.3 Å². The van der Waals surface area contributed by atoms with E-state index >= 15 is 0 Å². The van der Waals surface area contributed by atoms with E-state index in [1.54, 1.807) is 11.8 Å². The van der Waals surface area contributed by atoms with Gasteiger partial charge in [-0.2, -0.15) is 0 Å². The topological polar surface area (TPSA) is 75.6 Å². The number of carbonyl (C=O) groups is 2. The second-order valence-electron chi connectivity index (χ2n) is 10.4. The summed E-state index contributed by atoms with van der Waals surface area (Å²) in [6.45, 7) is 4.08. The van der Waals surface area contributed by atoms with Gasteiger partial charge in [0.25, 0.3) is 5.91 Å². The van der Waals surface area contributed by atoms with Crippen molar-refractivity contribution in [3.05, 3.63) is 108 Å². The second kappa shape index (κ2) is 14.1. The van der Waals surface area contributed by atoms with Crippen LogP contribution in [0, 0.1) is 5.92 Å². The molecule has 1 amide bonds. The fourth-order valence-electron chi connectivity index (χ4n) is 5.02. The Balaban J connectivity index is 1.24. The van der Waals surface area contributed by atoms with E-state index in [1.165, 1.54) is 5.56 Å². The van der Waals surface area contributed by atoms with Crippen molar-refractivity contribution in [1.29, 1.82) is 0 Å². The Kier molecular flexibility index (Phi) is 9.87. The average Bonchev–Trinajstić information content (AvgIpc) is 3.04. The van der Waals surface area contributed by atoms with E-state index in [4.69, 9.17) is 14.7 Å². The third-order valence-corrected chi connectivity index (χ3v) is 8.30. The molecule has 216 valence electrons. The first-order valence-electron chi connectivity index (χ1n) is 14.4. The van der Waals surface area contributed by atoms with E-state index in [-0.39, 0.29) is 17.8 Å². The van der Waals surface area contributed by atoms with Crippen LogP contribution in [0.15, 0.2) is 96.2 Å². The van der Waals surface area contributed by atoms with Crippen LogP contribution in [0.4, 0.5) is 5.82 Å². The molecule has 0 N–H and O–H groups in total. The molecule has 0 atom stereocenters. The van der Waals surface area contributed by atoms with Crippen LogP contribution >= 0.6 is 11.8 Å². The van der Waals surface area contributed by atoms with Crippen LogP contribution in [0.3, 0.4) is 0 Å². The summed E-state index contributed by atoms with van der Waals surface area (Å²) in [7, 11) is 2.05. The van der Waals surface area contributed by atoms with Gasteiger partial charge in [0.15, 0.2) is 5.16 Å². The van der Waals surface area contributed by atoms with Crippen molar-refractivity contribution in [3.8, 4) is 11.3 Å². The van der Waals surface area contributed by atoms with Gasteiger partial charge in [0.1, 0.15) is 5.82 Å². The lowest BCUT2D eigenvalue weighted by Crippen LogP contribution is -2.40. The lowest BCUT2D eigenvalue weighted by Gasteiger charge is -2.31. The molecule has 8 heteroatoms. The first-order chi connectivity index (χ1) is 20.5. The summed E-state index contributed by atoms with van der Waals surface area (Å²) in [6, 6.07) is 30.3. The number of rotatable bonds is 10. The van der Waals surface area contributed by atoms with Crippen LogP contribution in [0.25, 0.3) is 11.3 Å². The molecule has 42 heavy (non-hydrogen) atoms. The Labute approximate surface area is 251 Å². The SMILES string of the molecule is CCOC(=O)C1CCN(C(=O)c2ccc(CSc3nc(-c4ccccc4)cc(N(C)Cc4ccccc4)n3)cc2)CC1. The van der Waals surface area contributed by atoms with E-state index in [2.05, 4.69) is 29.2 Å². The van der Waals surface area contributed by atoms with Crippen LogP contribution in [0.5, 0.6) is 0 Å². The molecule has 1 saturated heterocycles. The number of thioether (sulfide) groups is 1. The monoisotopic (exact) mass is 580 g/mol. The van der Waals surface area contributed by atoms with Crippen LogP contribution < -0.4 is 4.90 Å². The summed E-state index contributed by atoms with van der Waals surface area (Å²) in [4.78, 5) is 38.8. The number of piperidine rings is 1. The van der Waals surface area contributed by atoms with Gasteiger partial charge in [-0.15, -0.1) is 0 Å². The molecule has 1 aliphatic heterocycles. The molecule has 5 rings (SSSR count). The lowest BCUT2D eigenvalue weighted by atomic mass is 9.96. The van der Waals surface area contributed by atoms with Crippen molar-refractivity contribution in [1.82, 2.24) is 14.9 Å². The number of amides is 1. The molecule has 0 bridgehead atoms. The van der Waals surface area contributed by atoms with Gasteiger partial charge in [-0.1, -0.05) is 84.6 Å². The number of likely N-dealkylation sites (tertiary alicyclic amines) is 1. The van der Waals surface area contributed by atoms with Gasteiger partial charge in [-0.25, -0.2) is 9.97 Å². The highest BCUT2D eigenvalue weighted by Crippen LogP contribution is 2.28. The molecule has 1 aliphatic rings. The number of ether oxygens (including phenoxy) is 1. The quantitative estimate of drug-likeness (QED) is 0.121. The van der Waals surface area contributed by atoms with Crippen LogP contribution in [-0.2, 0) is 21.8 Å². The highest BCUT2D eigenvalue weighted by atomic mass is 32.2. The minimum absolute atomic E-state index is 0.00139. The summed E-state index contributed by atoms with van der Waals surface area (Å²) in [5.41, 5.74) is 4.89. The smallest absolute Gasteiger partial charge is 0.309 e. The van der Waals surface area contributed by atoms with Gasteiger partial charge in [0, 0.05) is 49.6 Å². The van der Waals surface area contributed by atoms with Gasteiger partial charge in [-0.3, -0.25) is 9.59 Å². The zero-order valence-electron chi connectivity index (χ0n) is 24.1. The van der Waals surface area contributed by atoms with Gasteiger partial charge in [0.2, 0.25) is 0 Å². The van der Waals surface area contributed by atoms with Gasteiger partial charge < -0.3 is 14.5 Å². The van der Waals surface area contributed by atoms with Gasteiger partial charge in [-0.05, 0) is 43.0 Å². The second-order valence-corrected chi connectivity index (χ2v) is 11.3. The third-order valence-electron chi connectivity index (χ3n) is 7.39. The highest BCUT2D eigenvalue weighted by molar-refractivity contribution is 7.98. The largest absolute Gasteiger partial charge is 0.466 e. The minimum atomic E-state index is -0.153. The predicted molar refractivity (Wildman–Crippen MR) is 167 cm³/mol. The van der Waals surface area contributed by atoms with E-state index in [9.17, 15) is 9.59 Å². The van der Waals surface area contributed by atoms with E-state index in [1.807, 2.05) is 85.6 Å². The number of hydrogen-bond acceptors (Lipinski definition) is 7. The number of hydrogen-bond donors (Lipinski definition) is 0. The molecule has 7 nitrogen and oxygen atoms in total. The first kappa shape index (κ1) is 29.3. The highest BCUT2D eigenvalue weighted by Gasteiger charge is 2.28. The molecule has 0 unspecified atom stereocenters. The van der Waals surface area contributed by atoms with Crippen molar-refractivity contribution >= 4 is 29.5 Å². The Bertz CT molecular complexity index is 1470. The van der Waals surface area contributed by atoms with Gasteiger partial charge in [0.05, 0.1) is 18.2 Å². The summed E-state index contributed by atoms with van der Waals surface area (Å²) >= 11 is 1.58. The third kappa shape index (κ3) is 7.56. The maximum atomic E-state index is 13.1. The standard InChI is InChI=1S/C34H36N4O3S/c1-3-41-33(40)29-18-20-38(21-19-29)32(39)28-16-14-26(15-17-28)24-42-34-35-30(27-12-8-5-9-13-27)22-31(36-34)37(2)23-25-10-6-4-7-11-25/h4-17,22,29H,3,18-21,23-24H2,1-2H3. The van der Waals surface area contributed by atoms with Crippen molar-refractivity contribution < 1.29 is 14.3 Å². The van der Waals surface area contributed by atoms with Gasteiger partial charge >= 0.3 is 5.97 Å². The zero-order valence-corrected chi connectivity index (χ0v) is 24.9. The van der Waals surface area contributed by atoms with Crippen molar-refractivity contribution in [2.75, 3.05) is 31.6 Å². The average molecular weight is 581 g/mol. The molecule has 2 heterocycles. The Morgan fingerprint density at radius 1 is 0.905 bits per heavy atom. The van der Waals surface area contributed by atoms with E-state index in [0.29, 0.717) is 49.0 Å². The van der Waals surface area contributed by atoms with Crippen LogP contribution in [0.2, 0.25) is 0 Å². The zero-order chi connectivity index (χ0) is 29.3. The van der Waals surface area contributed by atoms with E-state index in [0.717, 1.165) is 29.2 Å². The number of nitrogens with zero attached hydrogens (tertiary/aromatic N) is 4. The Morgan fingerprint density at radius 2 is 1.57 bits per heavy atom. The molecule has 0 saturated carbocycles. The molecule has 0 aliphatic carbocycles. The first-order valence-corrected chi connectivity index (χ1v) is 15.4. The number of anilines is 1.